The van der Waals surface area contributed by atoms with Gasteiger partial charge in [-0.2, -0.15) is 4.99 Å². The molecule has 0 radical (unpaired) electrons. The maximum absolute atomic E-state index is 11.9. The van der Waals surface area contributed by atoms with E-state index in [1.807, 2.05) is 60.9 Å². The van der Waals surface area contributed by atoms with Crippen molar-refractivity contribution in [2.75, 3.05) is 12.9 Å². The molecule has 1 amide bonds. The normalized spacial score (nSPS) is 14.9. The van der Waals surface area contributed by atoms with Gasteiger partial charge in [-0.1, -0.05) is 55.8 Å². The number of unbranched alkanes of at least 4 members (excludes halogenated alkanes) is 2. The Bertz CT molecular complexity index is 874. The van der Waals surface area contributed by atoms with Crippen LogP contribution in [0.1, 0.15) is 37.3 Å². The van der Waals surface area contributed by atoms with Crippen molar-refractivity contribution in [3.63, 3.8) is 0 Å². The smallest absolute Gasteiger partial charge is 0.285 e. The van der Waals surface area contributed by atoms with Crippen molar-refractivity contribution >= 4 is 39.9 Å². The van der Waals surface area contributed by atoms with Crippen LogP contribution in [0.3, 0.4) is 0 Å². The van der Waals surface area contributed by atoms with Crippen molar-refractivity contribution in [3.8, 4) is 11.5 Å². The summed E-state index contributed by atoms with van der Waals surface area (Å²) in [6, 6.07) is 15.7. The molecule has 0 N–H and O–H groups in total. The Morgan fingerprint density at radius 3 is 2.34 bits per heavy atom. The van der Waals surface area contributed by atoms with E-state index in [0.717, 1.165) is 40.0 Å². The SMILES string of the molecule is CCCCCOc1ccc(COc2ccc(C=C3SC(SC)=NC3=O)cc2)cc1. The van der Waals surface area contributed by atoms with Gasteiger partial charge in [0.05, 0.1) is 11.5 Å². The number of thioether (sulfide) groups is 2. The van der Waals surface area contributed by atoms with E-state index in [-0.39, 0.29) is 5.91 Å². The van der Waals surface area contributed by atoms with E-state index in [2.05, 4.69) is 11.9 Å². The minimum Gasteiger partial charge on any atom is -0.494 e. The number of hydrogen-bond acceptors (Lipinski definition) is 5. The summed E-state index contributed by atoms with van der Waals surface area (Å²) in [5, 5.41) is 0. The van der Waals surface area contributed by atoms with Crippen LogP contribution >= 0.6 is 23.5 Å². The van der Waals surface area contributed by atoms with Crippen LogP contribution in [0.25, 0.3) is 6.08 Å². The Kier molecular flexibility index (Phi) is 8.25. The molecule has 4 nitrogen and oxygen atoms in total. The summed E-state index contributed by atoms with van der Waals surface area (Å²) in [5.74, 6) is 1.52. The average molecular weight is 428 g/mol. The third-order valence-electron chi connectivity index (χ3n) is 4.30. The van der Waals surface area contributed by atoms with Gasteiger partial charge in [-0.05, 0) is 54.1 Å². The van der Waals surface area contributed by atoms with Crippen molar-refractivity contribution < 1.29 is 14.3 Å². The highest BCUT2D eigenvalue weighted by Crippen LogP contribution is 2.32. The molecule has 0 saturated heterocycles. The van der Waals surface area contributed by atoms with E-state index in [1.54, 1.807) is 0 Å². The van der Waals surface area contributed by atoms with Gasteiger partial charge in [-0.25, -0.2) is 0 Å². The number of aliphatic imine (C=N–C) groups is 1. The first-order valence-corrected chi connectivity index (χ1v) is 11.7. The molecule has 6 heteroatoms. The number of rotatable bonds is 9. The van der Waals surface area contributed by atoms with E-state index in [0.29, 0.717) is 11.5 Å². The van der Waals surface area contributed by atoms with Gasteiger partial charge in [-0.3, -0.25) is 4.79 Å². The van der Waals surface area contributed by atoms with Gasteiger partial charge in [0.15, 0.2) is 0 Å². The fraction of sp³-hybridized carbons (Fsp3) is 0.304. The predicted octanol–water partition coefficient (Wildman–Crippen LogP) is 6.17. The van der Waals surface area contributed by atoms with Gasteiger partial charge in [0.1, 0.15) is 22.5 Å². The lowest BCUT2D eigenvalue weighted by molar-refractivity contribution is -0.113. The highest BCUT2D eigenvalue weighted by molar-refractivity contribution is 8.40. The number of hydrogen-bond donors (Lipinski definition) is 0. The fourth-order valence-electron chi connectivity index (χ4n) is 2.68. The van der Waals surface area contributed by atoms with Crippen molar-refractivity contribution in [1.29, 1.82) is 0 Å². The first kappa shape index (κ1) is 21.5. The number of benzene rings is 2. The summed E-state index contributed by atoms with van der Waals surface area (Å²) in [6.07, 6.45) is 7.27. The third-order valence-corrected chi connectivity index (χ3v) is 6.27. The molecule has 0 atom stereocenters. The van der Waals surface area contributed by atoms with E-state index in [1.165, 1.54) is 36.4 Å². The first-order chi connectivity index (χ1) is 14.2. The molecule has 2 aromatic carbocycles. The number of carbonyl (C=O) groups is 1. The minimum absolute atomic E-state index is 0.169. The lowest BCUT2D eigenvalue weighted by Gasteiger charge is -2.09. The van der Waals surface area contributed by atoms with Gasteiger partial charge in [0.2, 0.25) is 0 Å². The van der Waals surface area contributed by atoms with Crippen LogP contribution < -0.4 is 9.47 Å². The molecule has 1 aliphatic heterocycles. The molecule has 2 aromatic rings. The molecular weight excluding hydrogens is 402 g/mol. The largest absolute Gasteiger partial charge is 0.494 e. The van der Waals surface area contributed by atoms with Crippen LogP contribution in [-0.2, 0) is 11.4 Å². The molecule has 0 fully saturated rings. The van der Waals surface area contributed by atoms with Crippen molar-refractivity contribution in [2.24, 2.45) is 4.99 Å². The van der Waals surface area contributed by atoms with Crippen LogP contribution in [0.15, 0.2) is 58.4 Å². The van der Waals surface area contributed by atoms with Crippen molar-refractivity contribution in [2.45, 2.75) is 32.8 Å². The number of carbonyl (C=O) groups excluding carboxylic acids is 1. The summed E-state index contributed by atoms with van der Waals surface area (Å²) in [7, 11) is 0. The molecule has 3 rings (SSSR count). The molecule has 0 aliphatic carbocycles. The van der Waals surface area contributed by atoms with Crippen LogP contribution in [0.5, 0.6) is 11.5 Å². The van der Waals surface area contributed by atoms with E-state index >= 15 is 0 Å². The van der Waals surface area contributed by atoms with Crippen molar-refractivity contribution in [1.82, 2.24) is 0 Å². The summed E-state index contributed by atoms with van der Waals surface area (Å²) in [5.41, 5.74) is 2.04. The average Bonchev–Trinajstić information content (AvgIpc) is 3.11. The zero-order valence-corrected chi connectivity index (χ0v) is 18.4. The van der Waals surface area contributed by atoms with E-state index < -0.39 is 0 Å². The zero-order chi connectivity index (χ0) is 20.5. The zero-order valence-electron chi connectivity index (χ0n) is 16.7. The lowest BCUT2D eigenvalue weighted by Crippen LogP contribution is -1.98. The highest BCUT2D eigenvalue weighted by atomic mass is 32.2. The number of amides is 1. The van der Waals surface area contributed by atoms with Gasteiger partial charge in [-0.15, -0.1) is 11.8 Å². The summed E-state index contributed by atoms with van der Waals surface area (Å²) < 4.78 is 12.4. The van der Waals surface area contributed by atoms with Crippen LogP contribution in [0.4, 0.5) is 0 Å². The monoisotopic (exact) mass is 427 g/mol. The van der Waals surface area contributed by atoms with E-state index in [4.69, 9.17) is 9.47 Å². The van der Waals surface area contributed by atoms with Gasteiger partial charge >= 0.3 is 0 Å². The topological polar surface area (TPSA) is 47.9 Å². The van der Waals surface area contributed by atoms with Crippen molar-refractivity contribution in [3.05, 3.63) is 64.6 Å². The molecule has 0 aromatic heterocycles. The van der Waals surface area contributed by atoms with Gasteiger partial charge < -0.3 is 9.47 Å². The molecule has 1 aliphatic rings. The molecule has 0 bridgehead atoms. The molecule has 0 saturated carbocycles. The molecule has 0 unspecified atom stereocenters. The maximum atomic E-state index is 11.9. The first-order valence-electron chi connectivity index (χ1n) is 9.69. The van der Waals surface area contributed by atoms with Crippen LogP contribution in [0, 0.1) is 0 Å². The second-order valence-electron chi connectivity index (χ2n) is 6.55. The summed E-state index contributed by atoms with van der Waals surface area (Å²) in [4.78, 5) is 16.5. The standard InChI is InChI=1S/C23H25NO3S2/c1-3-4-5-14-26-19-12-8-18(9-13-19)16-27-20-10-6-17(7-11-20)15-21-22(25)24-23(28-2)29-21/h6-13,15H,3-5,14,16H2,1-2H3. The quantitative estimate of drug-likeness (QED) is 0.354. The Balaban J connectivity index is 1.48. The molecule has 152 valence electrons. The Morgan fingerprint density at radius 2 is 1.69 bits per heavy atom. The molecule has 1 heterocycles. The van der Waals surface area contributed by atoms with Gasteiger partial charge in [0.25, 0.3) is 5.91 Å². The summed E-state index contributed by atoms with van der Waals surface area (Å²) >= 11 is 2.90. The Hall–Kier alpha value is -2.18. The highest BCUT2D eigenvalue weighted by Gasteiger charge is 2.20. The molecular formula is C23H25NO3S2. The number of ether oxygens (including phenoxy) is 2. The fourth-order valence-corrected chi connectivity index (χ4v) is 4.10. The second-order valence-corrected chi connectivity index (χ2v) is 8.64. The lowest BCUT2D eigenvalue weighted by atomic mass is 10.2. The third kappa shape index (κ3) is 6.68. The van der Waals surface area contributed by atoms with Crippen LogP contribution in [-0.4, -0.2) is 23.1 Å². The van der Waals surface area contributed by atoms with Gasteiger partial charge in [0, 0.05) is 0 Å². The molecule has 29 heavy (non-hydrogen) atoms. The predicted molar refractivity (Wildman–Crippen MR) is 124 cm³/mol. The Labute approximate surface area is 180 Å². The minimum atomic E-state index is -0.169. The van der Waals surface area contributed by atoms with Crippen LogP contribution in [0.2, 0.25) is 0 Å². The summed E-state index contributed by atoms with van der Waals surface area (Å²) in [6.45, 7) is 3.45. The Morgan fingerprint density at radius 1 is 1.00 bits per heavy atom. The van der Waals surface area contributed by atoms with E-state index in [9.17, 15) is 4.79 Å². The number of nitrogens with zero attached hydrogens (tertiary/aromatic N) is 1. The second kappa shape index (κ2) is 11.1. The maximum Gasteiger partial charge on any atom is 0.285 e. The molecule has 0 spiro atoms.